The van der Waals surface area contributed by atoms with Crippen LogP contribution in [0.1, 0.15) is 37.9 Å². The number of piperidine rings is 1. The molecule has 0 radical (unpaired) electrons. The fourth-order valence-corrected chi connectivity index (χ4v) is 2.14. The average Bonchev–Trinajstić information content (AvgIpc) is 2.39. The van der Waals surface area contributed by atoms with E-state index in [1.54, 1.807) is 0 Å². The second-order valence-corrected chi connectivity index (χ2v) is 4.67. The molecular weight excluding hydrogens is 214 g/mol. The normalized spacial score (nSPS) is 19.4. The van der Waals surface area contributed by atoms with E-state index in [9.17, 15) is 5.11 Å². The monoisotopic (exact) mass is 235 g/mol. The van der Waals surface area contributed by atoms with Gasteiger partial charge in [-0.25, -0.2) is 0 Å². The van der Waals surface area contributed by atoms with Gasteiger partial charge < -0.3 is 15.7 Å². The molecule has 1 saturated heterocycles. The highest BCUT2D eigenvalue weighted by molar-refractivity contribution is 5.45. The van der Waals surface area contributed by atoms with Gasteiger partial charge in [0.05, 0.1) is 23.7 Å². The summed E-state index contributed by atoms with van der Waals surface area (Å²) in [5.41, 5.74) is 8.01. The number of hydrogen-bond donors (Lipinski definition) is 2. The zero-order valence-electron chi connectivity index (χ0n) is 10.3. The lowest BCUT2D eigenvalue weighted by atomic mass is 10.1. The van der Waals surface area contributed by atoms with Gasteiger partial charge in [0, 0.05) is 19.1 Å². The van der Waals surface area contributed by atoms with Gasteiger partial charge in [-0.1, -0.05) is 6.92 Å². The van der Waals surface area contributed by atoms with Crippen molar-refractivity contribution in [2.24, 2.45) is 5.73 Å². The summed E-state index contributed by atoms with van der Waals surface area (Å²) in [5.74, 6) is 0. The molecule has 0 bridgehead atoms. The minimum Gasteiger partial charge on any atom is -0.393 e. The van der Waals surface area contributed by atoms with Crippen LogP contribution in [0.4, 0.5) is 5.69 Å². The highest BCUT2D eigenvalue weighted by Crippen LogP contribution is 2.20. The number of anilines is 1. The van der Waals surface area contributed by atoms with E-state index in [4.69, 9.17) is 5.73 Å². The van der Waals surface area contributed by atoms with Gasteiger partial charge in [0.2, 0.25) is 0 Å². The highest BCUT2D eigenvalue weighted by atomic mass is 16.3. The molecule has 1 aromatic rings. The van der Waals surface area contributed by atoms with E-state index in [2.05, 4.69) is 22.9 Å². The van der Waals surface area contributed by atoms with E-state index in [0.29, 0.717) is 0 Å². The quantitative estimate of drug-likeness (QED) is 0.832. The van der Waals surface area contributed by atoms with Crippen molar-refractivity contribution < 1.29 is 5.11 Å². The van der Waals surface area contributed by atoms with Gasteiger partial charge >= 0.3 is 0 Å². The zero-order chi connectivity index (χ0) is 12.3. The van der Waals surface area contributed by atoms with Gasteiger partial charge in [-0.05, 0) is 31.4 Å². The Kier molecular flexibility index (Phi) is 3.97. The van der Waals surface area contributed by atoms with Crippen molar-refractivity contribution in [3.63, 3.8) is 0 Å². The molecule has 2 heterocycles. The van der Waals surface area contributed by atoms with E-state index >= 15 is 0 Å². The standard InChI is InChI=1S/C13H21N3O/c1-2-12(14)13-4-3-10(9-15-13)16-7-5-11(17)6-8-16/h3-4,9,11-12,17H,2,5-8,14H2,1H3/t12-/m0/s1. The minimum absolute atomic E-state index is 0.0345. The molecule has 1 fully saturated rings. The number of pyridine rings is 1. The maximum Gasteiger partial charge on any atom is 0.0574 e. The molecule has 0 saturated carbocycles. The summed E-state index contributed by atoms with van der Waals surface area (Å²) in [7, 11) is 0. The molecular formula is C13H21N3O. The number of aliphatic hydroxyl groups is 1. The van der Waals surface area contributed by atoms with Crippen LogP contribution in [0.5, 0.6) is 0 Å². The van der Waals surface area contributed by atoms with Crippen molar-refractivity contribution in [1.82, 2.24) is 4.98 Å². The van der Waals surface area contributed by atoms with Gasteiger partial charge in [-0.15, -0.1) is 0 Å². The molecule has 0 unspecified atom stereocenters. The number of aromatic nitrogens is 1. The summed E-state index contributed by atoms with van der Waals surface area (Å²) >= 11 is 0. The molecule has 0 amide bonds. The molecule has 17 heavy (non-hydrogen) atoms. The molecule has 1 atom stereocenters. The van der Waals surface area contributed by atoms with E-state index in [1.807, 2.05) is 12.3 Å². The van der Waals surface area contributed by atoms with Gasteiger partial charge in [-0.2, -0.15) is 0 Å². The summed E-state index contributed by atoms with van der Waals surface area (Å²) in [4.78, 5) is 6.68. The molecule has 4 nitrogen and oxygen atoms in total. The third kappa shape index (κ3) is 2.96. The fourth-order valence-electron chi connectivity index (χ4n) is 2.14. The predicted molar refractivity (Wildman–Crippen MR) is 68.9 cm³/mol. The van der Waals surface area contributed by atoms with Crippen LogP contribution in [-0.2, 0) is 0 Å². The molecule has 1 aliphatic heterocycles. The maximum atomic E-state index is 9.46. The molecule has 4 heteroatoms. The van der Waals surface area contributed by atoms with Crippen molar-refractivity contribution >= 4 is 5.69 Å². The second-order valence-electron chi connectivity index (χ2n) is 4.67. The first-order chi connectivity index (χ1) is 8.20. The van der Waals surface area contributed by atoms with Crippen LogP contribution in [0, 0.1) is 0 Å². The Bertz CT molecular complexity index is 344. The fraction of sp³-hybridized carbons (Fsp3) is 0.615. The molecule has 2 rings (SSSR count). The molecule has 0 spiro atoms. The molecule has 3 N–H and O–H groups in total. The number of nitrogens with two attached hydrogens (primary N) is 1. The Hall–Kier alpha value is -1.13. The van der Waals surface area contributed by atoms with Crippen molar-refractivity contribution in [3.05, 3.63) is 24.0 Å². The summed E-state index contributed by atoms with van der Waals surface area (Å²) in [6.07, 6.45) is 4.35. The van der Waals surface area contributed by atoms with Crippen molar-refractivity contribution in [1.29, 1.82) is 0 Å². The zero-order valence-corrected chi connectivity index (χ0v) is 10.3. The van der Waals surface area contributed by atoms with E-state index in [-0.39, 0.29) is 12.1 Å². The highest BCUT2D eigenvalue weighted by Gasteiger charge is 2.17. The lowest BCUT2D eigenvalue weighted by Gasteiger charge is -2.31. The predicted octanol–water partition coefficient (Wildman–Crippen LogP) is 1.45. The molecule has 1 aromatic heterocycles. The van der Waals surface area contributed by atoms with Crippen LogP contribution in [0.25, 0.3) is 0 Å². The van der Waals surface area contributed by atoms with Gasteiger partial charge in [0.15, 0.2) is 0 Å². The van der Waals surface area contributed by atoms with Crippen LogP contribution >= 0.6 is 0 Å². The third-order valence-electron chi connectivity index (χ3n) is 3.42. The summed E-state index contributed by atoms with van der Waals surface area (Å²) in [5, 5.41) is 9.46. The largest absolute Gasteiger partial charge is 0.393 e. The molecule has 94 valence electrons. The van der Waals surface area contributed by atoms with Crippen LogP contribution in [0.15, 0.2) is 18.3 Å². The van der Waals surface area contributed by atoms with E-state index in [0.717, 1.165) is 43.7 Å². The number of aliphatic hydroxyl groups excluding tert-OH is 1. The van der Waals surface area contributed by atoms with Crippen LogP contribution in [0.2, 0.25) is 0 Å². The van der Waals surface area contributed by atoms with E-state index < -0.39 is 0 Å². The number of nitrogens with zero attached hydrogens (tertiary/aromatic N) is 2. The van der Waals surface area contributed by atoms with Crippen molar-refractivity contribution in [2.75, 3.05) is 18.0 Å². The van der Waals surface area contributed by atoms with Crippen molar-refractivity contribution in [2.45, 2.75) is 38.3 Å². The Labute approximate surface area is 102 Å². The molecule has 1 aliphatic rings. The first kappa shape index (κ1) is 12.3. The van der Waals surface area contributed by atoms with Crippen LogP contribution < -0.4 is 10.6 Å². The topological polar surface area (TPSA) is 62.4 Å². The Morgan fingerprint density at radius 1 is 1.47 bits per heavy atom. The maximum absolute atomic E-state index is 9.46. The summed E-state index contributed by atoms with van der Waals surface area (Å²) < 4.78 is 0. The Morgan fingerprint density at radius 2 is 2.18 bits per heavy atom. The third-order valence-corrected chi connectivity index (χ3v) is 3.42. The van der Waals surface area contributed by atoms with Crippen LogP contribution in [-0.4, -0.2) is 29.3 Å². The van der Waals surface area contributed by atoms with Crippen molar-refractivity contribution in [3.8, 4) is 0 Å². The SMILES string of the molecule is CC[C@H](N)c1ccc(N2CCC(O)CC2)cn1. The number of rotatable bonds is 3. The smallest absolute Gasteiger partial charge is 0.0574 e. The second kappa shape index (κ2) is 5.47. The van der Waals surface area contributed by atoms with Gasteiger partial charge in [0.1, 0.15) is 0 Å². The lowest BCUT2D eigenvalue weighted by Crippen LogP contribution is -2.35. The minimum atomic E-state index is -0.132. The van der Waals surface area contributed by atoms with Gasteiger partial charge in [0.25, 0.3) is 0 Å². The first-order valence-electron chi connectivity index (χ1n) is 6.35. The van der Waals surface area contributed by atoms with Gasteiger partial charge in [-0.3, -0.25) is 4.98 Å². The first-order valence-corrected chi connectivity index (χ1v) is 6.35. The van der Waals surface area contributed by atoms with Crippen LogP contribution in [0.3, 0.4) is 0 Å². The Morgan fingerprint density at radius 3 is 2.71 bits per heavy atom. The molecule has 0 aliphatic carbocycles. The molecule has 0 aromatic carbocycles. The van der Waals surface area contributed by atoms with E-state index in [1.165, 1.54) is 0 Å². The Balaban J connectivity index is 2.02. The lowest BCUT2D eigenvalue weighted by molar-refractivity contribution is 0.145. The summed E-state index contributed by atoms with van der Waals surface area (Å²) in [6, 6.07) is 4.12. The average molecular weight is 235 g/mol. The number of hydrogen-bond acceptors (Lipinski definition) is 4. The summed E-state index contributed by atoms with van der Waals surface area (Å²) in [6.45, 7) is 3.87.